The molecule has 1 aliphatic rings. The Kier molecular flexibility index (Phi) is 5.77. The SMILES string of the molecule is CCC1CCN(CC(CC)(CC)CNC)C1. The van der Waals surface area contributed by atoms with Gasteiger partial charge in [0.15, 0.2) is 0 Å². The van der Waals surface area contributed by atoms with Gasteiger partial charge in [-0.3, -0.25) is 0 Å². The average molecular weight is 226 g/mol. The van der Waals surface area contributed by atoms with Gasteiger partial charge in [0.1, 0.15) is 0 Å². The van der Waals surface area contributed by atoms with Crippen molar-refractivity contribution in [2.75, 3.05) is 33.2 Å². The van der Waals surface area contributed by atoms with Crippen LogP contribution in [-0.4, -0.2) is 38.1 Å². The van der Waals surface area contributed by atoms with Gasteiger partial charge in [-0.2, -0.15) is 0 Å². The molecule has 0 bridgehead atoms. The van der Waals surface area contributed by atoms with Gasteiger partial charge < -0.3 is 10.2 Å². The minimum Gasteiger partial charge on any atom is -0.319 e. The molecule has 0 saturated carbocycles. The zero-order valence-corrected chi connectivity index (χ0v) is 11.7. The Morgan fingerprint density at radius 3 is 2.38 bits per heavy atom. The van der Waals surface area contributed by atoms with E-state index in [9.17, 15) is 0 Å². The van der Waals surface area contributed by atoms with Crippen LogP contribution in [0.1, 0.15) is 46.5 Å². The van der Waals surface area contributed by atoms with E-state index in [1.165, 1.54) is 45.3 Å². The van der Waals surface area contributed by atoms with Crippen LogP contribution >= 0.6 is 0 Å². The Hall–Kier alpha value is -0.0800. The summed E-state index contributed by atoms with van der Waals surface area (Å²) in [6.07, 6.45) is 5.35. The summed E-state index contributed by atoms with van der Waals surface area (Å²) in [4.78, 5) is 2.69. The monoisotopic (exact) mass is 226 g/mol. The van der Waals surface area contributed by atoms with Gasteiger partial charge in [0, 0.05) is 19.6 Å². The molecule has 0 aromatic carbocycles. The van der Waals surface area contributed by atoms with Gasteiger partial charge in [-0.15, -0.1) is 0 Å². The number of rotatable bonds is 7. The van der Waals surface area contributed by atoms with Gasteiger partial charge in [-0.25, -0.2) is 0 Å². The summed E-state index contributed by atoms with van der Waals surface area (Å²) in [5.41, 5.74) is 0.497. The Morgan fingerprint density at radius 1 is 1.25 bits per heavy atom. The highest BCUT2D eigenvalue weighted by molar-refractivity contribution is 4.85. The first-order chi connectivity index (χ1) is 7.69. The molecule has 0 amide bonds. The first-order valence-corrected chi connectivity index (χ1v) is 7.06. The summed E-state index contributed by atoms with van der Waals surface area (Å²) in [7, 11) is 2.08. The Labute approximate surface area is 102 Å². The molecule has 1 saturated heterocycles. The van der Waals surface area contributed by atoms with Crippen molar-refractivity contribution in [3.05, 3.63) is 0 Å². The van der Waals surface area contributed by atoms with Gasteiger partial charge in [-0.1, -0.05) is 27.2 Å². The summed E-state index contributed by atoms with van der Waals surface area (Å²) >= 11 is 0. The fraction of sp³-hybridized carbons (Fsp3) is 1.00. The molecular weight excluding hydrogens is 196 g/mol. The Morgan fingerprint density at radius 2 is 1.94 bits per heavy atom. The second kappa shape index (κ2) is 6.61. The summed E-state index contributed by atoms with van der Waals surface area (Å²) < 4.78 is 0. The van der Waals surface area contributed by atoms with E-state index >= 15 is 0 Å². The van der Waals surface area contributed by atoms with E-state index in [1.807, 2.05) is 0 Å². The van der Waals surface area contributed by atoms with Crippen molar-refractivity contribution in [2.45, 2.75) is 46.5 Å². The first-order valence-electron chi connectivity index (χ1n) is 7.06. The number of hydrogen-bond donors (Lipinski definition) is 1. The molecule has 2 heteroatoms. The standard InChI is InChI=1S/C14H30N2/c1-5-13-8-9-16(10-13)12-14(6-2,7-3)11-15-4/h13,15H,5-12H2,1-4H3. The van der Waals surface area contributed by atoms with E-state index in [0.717, 1.165) is 12.5 Å². The lowest BCUT2D eigenvalue weighted by molar-refractivity contribution is 0.154. The van der Waals surface area contributed by atoms with E-state index in [1.54, 1.807) is 0 Å². The molecule has 2 nitrogen and oxygen atoms in total. The zero-order chi connectivity index (χ0) is 12.0. The maximum atomic E-state index is 3.38. The van der Waals surface area contributed by atoms with Crippen molar-refractivity contribution >= 4 is 0 Å². The predicted molar refractivity (Wildman–Crippen MR) is 71.8 cm³/mol. The van der Waals surface area contributed by atoms with Crippen LogP contribution in [0.4, 0.5) is 0 Å². The number of nitrogens with one attached hydrogen (secondary N) is 1. The highest BCUT2D eigenvalue weighted by Crippen LogP contribution is 2.30. The Bertz CT molecular complexity index is 187. The van der Waals surface area contributed by atoms with Crippen molar-refractivity contribution in [1.29, 1.82) is 0 Å². The van der Waals surface area contributed by atoms with Crippen molar-refractivity contribution in [3.63, 3.8) is 0 Å². The molecule has 0 aromatic heterocycles. The molecule has 0 aromatic rings. The predicted octanol–water partition coefficient (Wildman–Crippen LogP) is 2.74. The summed E-state index contributed by atoms with van der Waals surface area (Å²) in [5.74, 6) is 0.959. The molecule has 1 rings (SSSR count). The second-order valence-electron chi connectivity index (χ2n) is 5.54. The third-order valence-corrected chi connectivity index (χ3v) is 4.56. The lowest BCUT2D eigenvalue weighted by atomic mass is 9.81. The topological polar surface area (TPSA) is 15.3 Å². The van der Waals surface area contributed by atoms with Crippen LogP contribution in [0.25, 0.3) is 0 Å². The highest BCUT2D eigenvalue weighted by atomic mass is 15.2. The van der Waals surface area contributed by atoms with Gasteiger partial charge >= 0.3 is 0 Å². The fourth-order valence-corrected chi connectivity index (χ4v) is 3.02. The van der Waals surface area contributed by atoms with Crippen LogP contribution in [0.5, 0.6) is 0 Å². The van der Waals surface area contributed by atoms with Crippen molar-refractivity contribution in [1.82, 2.24) is 10.2 Å². The van der Waals surface area contributed by atoms with Crippen LogP contribution in [-0.2, 0) is 0 Å². The molecule has 1 N–H and O–H groups in total. The molecule has 1 fully saturated rings. The highest BCUT2D eigenvalue weighted by Gasteiger charge is 2.31. The van der Waals surface area contributed by atoms with Crippen LogP contribution in [0.2, 0.25) is 0 Å². The van der Waals surface area contributed by atoms with Crippen molar-refractivity contribution in [3.8, 4) is 0 Å². The Balaban J connectivity index is 2.48. The summed E-state index contributed by atoms with van der Waals surface area (Å²) in [6, 6.07) is 0. The molecule has 1 heterocycles. The van der Waals surface area contributed by atoms with E-state index < -0.39 is 0 Å². The van der Waals surface area contributed by atoms with E-state index in [0.29, 0.717) is 5.41 Å². The number of likely N-dealkylation sites (tertiary alicyclic amines) is 1. The van der Waals surface area contributed by atoms with E-state index in [2.05, 4.69) is 38.0 Å². The van der Waals surface area contributed by atoms with Crippen LogP contribution < -0.4 is 5.32 Å². The number of hydrogen-bond acceptors (Lipinski definition) is 2. The van der Waals surface area contributed by atoms with Crippen molar-refractivity contribution in [2.24, 2.45) is 11.3 Å². The minimum atomic E-state index is 0.497. The fourth-order valence-electron chi connectivity index (χ4n) is 3.02. The molecule has 96 valence electrons. The van der Waals surface area contributed by atoms with E-state index in [-0.39, 0.29) is 0 Å². The van der Waals surface area contributed by atoms with Gasteiger partial charge in [-0.05, 0) is 44.2 Å². The molecule has 0 aliphatic carbocycles. The summed E-state index contributed by atoms with van der Waals surface area (Å²) in [6.45, 7) is 12.1. The lowest BCUT2D eigenvalue weighted by Crippen LogP contribution is -2.42. The van der Waals surface area contributed by atoms with Gasteiger partial charge in [0.2, 0.25) is 0 Å². The molecule has 16 heavy (non-hydrogen) atoms. The lowest BCUT2D eigenvalue weighted by Gasteiger charge is -2.35. The molecular formula is C14H30N2. The maximum Gasteiger partial charge on any atom is 0.00500 e. The largest absolute Gasteiger partial charge is 0.319 e. The van der Waals surface area contributed by atoms with Gasteiger partial charge in [0.25, 0.3) is 0 Å². The molecule has 1 aliphatic heterocycles. The quantitative estimate of drug-likeness (QED) is 0.718. The number of nitrogens with zero attached hydrogens (tertiary/aromatic N) is 1. The third kappa shape index (κ3) is 3.46. The van der Waals surface area contributed by atoms with Crippen LogP contribution in [0.3, 0.4) is 0 Å². The van der Waals surface area contributed by atoms with Crippen LogP contribution in [0.15, 0.2) is 0 Å². The first kappa shape index (κ1) is 14.0. The summed E-state index contributed by atoms with van der Waals surface area (Å²) in [5, 5.41) is 3.38. The normalized spacial score (nSPS) is 22.9. The smallest absolute Gasteiger partial charge is 0.00500 e. The van der Waals surface area contributed by atoms with Gasteiger partial charge in [0.05, 0.1) is 0 Å². The molecule has 0 spiro atoms. The molecule has 1 atom stereocenters. The average Bonchev–Trinajstić information content (AvgIpc) is 2.76. The molecule has 1 unspecified atom stereocenters. The van der Waals surface area contributed by atoms with Crippen molar-refractivity contribution < 1.29 is 0 Å². The van der Waals surface area contributed by atoms with Crippen LogP contribution in [0, 0.1) is 11.3 Å². The zero-order valence-electron chi connectivity index (χ0n) is 11.7. The second-order valence-corrected chi connectivity index (χ2v) is 5.54. The molecule has 0 radical (unpaired) electrons. The minimum absolute atomic E-state index is 0.497. The van der Waals surface area contributed by atoms with E-state index in [4.69, 9.17) is 0 Å². The maximum absolute atomic E-state index is 3.38. The third-order valence-electron chi connectivity index (χ3n) is 4.56.